The molecule has 2 heterocycles. The Hall–Kier alpha value is -2.47. The van der Waals surface area contributed by atoms with Crippen molar-refractivity contribution in [1.29, 1.82) is 0 Å². The molecular formula is C22H28N4O2. The monoisotopic (exact) mass is 380 g/mol. The summed E-state index contributed by atoms with van der Waals surface area (Å²) in [5, 5.41) is 8.73. The maximum atomic E-state index is 12.2. The van der Waals surface area contributed by atoms with Gasteiger partial charge in [0.2, 0.25) is 5.91 Å². The summed E-state index contributed by atoms with van der Waals surface area (Å²) in [6.07, 6.45) is 4.61. The number of aromatic nitrogens is 3. The third-order valence-corrected chi connectivity index (χ3v) is 5.46. The second-order valence-corrected chi connectivity index (χ2v) is 7.74. The molecule has 1 fully saturated rings. The maximum absolute atomic E-state index is 12.2. The molecule has 1 saturated carbocycles. The second-order valence-electron chi connectivity index (χ2n) is 7.74. The lowest BCUT2D eigenvalue weighted by Crippen LogP contribution is -2.25. The van der Waals surface area contributed by atoms with Crippen molar-refractivity contribution in [3.05, 3.63) is 41.2 Å². The number of nitrogens with zero attached hydrogens (tertiary/aromatic N) is 3. The van der Waals surface area contributed by atoms with E-state index in [4.69, 9.17) is 9.72 Å². The summed E-state index contributed by atoms with van der Waals surface area (Å²) in [5.74, 6) is 0.867. The van der Waals surface area contributed by atoms with E-state index in [9.17, 15) is 4.79 Å². The van der Waals surface area contributed by atoms with Gasteiger partial charge in [-0.15, -0.1) is 0 Å². The number of amides is 1. The third kappa shape index (κ3) is 4.17. The Labute approximate surface area is 165 Å². The SMILES string of the molecule is Cc1nc2c3ccccc3nn2c(C)c1CCC(=O)NCCCOCC1CC1. The number of benzene rings is 1. The van der Waals surface area contributed by atoms with Gasteiger partial charge in [-0.05, 0) is 63.1 Å². The van der Waals surface area contributed by atoms with Crippen molar-refractivity contribution < 1.29 is 9.53 Å². The van der Waals surface area contributed by atoms with Gasteiger partial charge in [-0.2, -0.15) is 5.10 Å². The summed E-state index contributed by atoms with van der Waals surface area (Å²) >= 11 is 0. The van der Waals surface area contributed by atoms with Gasteiger partial charge in [-0.3, -0.25) is 4.79 Å². The lowest BCUT2D eigenvalue weighted by molar-refractivity contribution is -0.121. The Morgan fingerprint density at radius 1 is 1.29 bits per heavy atom. The Bertz CT molecular complexity index is 991. The highest BCUT2D eigenvalue weighted by atomic mass is 16.5. The fraction of sp³-hybridized carbons (Fsp3) is 0.500. The van der Waals surface area contributed by atoms with Gasteiger partial charge >= 0.3 is 0 Å². The lowest BCUT2D eigenvalue weighted by Gasteiger charge is -2.11. The summed E-state index contributed by atoms with van der Waals surface area (Å²) in [6.45, 7) is 6.34. The number of ether oxygens (including phenoxy) is 1. The van der Waals surface area contributed by atoms with Crippen molar-refractivity contribution >= 4 is 22.5 Å². The molecular weight excluding hydrogens is 352 g/mol. The molecule has 1 aliphatic rings. The van der Waals surface area contributed by atoms with Crippen molar-refractivity contribution in [3.63, 3.8) is 0 Å². The summed E-state index contributed by atoms with van der Waals surface area (Å²) in [5.41, 5.74) is 4.95. The molecule has 2 aromatic heterocycles. The average molecular weight is 380 g/mol. The van der Waals surface area contributed by atoms with Crippen LogP contribution < -0.4 is 5.32 Å². The molecule has 4 rings (SSSR count). The molecule has 1 N–H and O–H groups in total. The molecule has 0 unspecified atom stereocenters. The molecule has 0 bridgehead atoms. The first kappa shape index (κ1) is 18.9. The van der Waals surface area contributed by atoms with Crippen molar-refractivity contribution in [3.8, 4) is 0 Å². The Morgan fingerprint density at radius 3 is 2.93 bits per heavy atom. The number of aryl methyl sites for hydroxylation is 2. The first-order valence-corrected chi connectivity index (χ1v) is 10.2. The van der Waals surface area contributed by atoms with Gasteiger partial charge in [0.15, 0.2) is 5.65 Å². The van der Waals surface area contributed by atoms with Gasteiger partial charge in [-0.1, -0.05) is 12.1 Å². The van der Waals surface area contributed by atoms with Gasteiger partial charge in [0, 0.05) is 43.0 Å². The molecule has 1 aliphatic carbocycles. The molecule has 148 valence electrons. The highest BCUT2D eigenvalue weighted by molar-refractivity contribution is 5.92. The van der Waals surface area contributed by atoms with Crippen LogP contribution in [0, 0.1) is 19.8 Å². The van der Waals surface area contributed by atoms with Crippen LogP contribution in [0.5, 0.6) is 0 Å². The normalized spacial score (nSPS) is 14.1. The number of carbonyl (C=O) groups excluding carboxylic acids is 1. The van der Waals surface area contributed by atoms with E-state index in [1.165, 1.54) is 12.8 Å². The molecule has 0 spiro atoms. The van der Waals surface area contributed by atoms with Gasteiger partial charge in [0.25, 0.3) is 0 Å². The fourth-order valence-electron chi connectivity index (χ4n) is 3.60. The van der Waals surface area contributed by atoms with Gasteiger partial charge in [0.1, 0.15) is 0 Å². The zero-order valence-corrected chi connectivity index (χ0v) is 16.7. The minimum atomic E-state index is 0.0757. The molecule has 0 atom stereocenters. The van der Waals surface area contributed by atoms with Crippen LogP contribution in [0.25, 0.3) is 16.6 Å². The predicted octanol–water partition coefficient (Wildman–Crippen LogP) is 3.36. The van der Waals surface area contributed by atoms with Crippen molar-refractivity contribution in [1.82, 2.24) is 19.9 Å². The number of fused-ring (bicyclic) bond motifs is 3. The third-order valence-electron chi connectivity index (χ3n) is 5.46. The smallest absolute Gasteiger partial charge is 0.220 e. The van der Waals surface area contributed by atoms with Crippen molar-refractivity contribution in [2.75, 3.05) is 19.8 Å². The Kier molecular flexibility index (Phi) is 5.57. The van der Waals surface area contributed by atoms with E-state index in [1.54, 1.807) is 0 Å². The van der Waals surface area contributed by atoms with E-state index in [2.05, 4.69) is 17.3 Å². The van der Waals surface area contributed by atoms with Crippen molar-refractivity contribution in [2.45, 2.75) is 46.0 Å². The molecule has 1 aromatic carbocycles. The largest absolute Gasteiger partial charge is 0.381 e. The Morgan fingerprint density at radius 2 is 2.11 bits per heavy atom. The number of rotatable bonds is 9. The zero-order valence-electron chi connectivity index (χ0n) is 16.7. The first-order valence-electron chi connectivity index (χ1n) is 10.2. The topological polar surface area (TPSA) is 68.5 Å². The summed E-state index contributed by atoms with van der Waals surface area (Å²) in [7, 11) is 0. The number of nitrogens with one attached hydrogen (secondary N) is 1. The molecule has 1 amide bonds. The molecule has 3 aromatic rings. The quantitative estimate of drug-likeness (QED) is 0.578. The minimum absolute atomic E-state index is 0.0757. The summed E-state index contributed by atoms with van der Waals surface area (Å²) < 4.78 is 7.50. The number of carbonyl (C=O) groups is 1. The molecule has 6 nitrogen and oxygen atoms in total. The highest BCUT2D eigenvalue weighted by Gasteiger charge is 2.20. The minimum Gasteiger partial charge on any atom is -0.381 e. The van der Waals surface area contributed by atoms with Crippen LogP contribution in [0.15, 0.2) is 24.3 Å². The van der Waals surface area contributed by atoms with E-state index in [0.717, 1.165) is 59.1 Å². The van der Waals surface area contributed by atoms with Crippen LogP contribution in [-0.2, 0) is 16.0 Å². The van der Waals surface area contributed by atoms with E-state index in [1.807, 2.05) is 35.7 Å². The van der Waals surface area contributed by atoms with Crippen LogP contribution >= 0.6 is 0 Å². The van der Waals surface area contributed by atoms with Crippen LogP contribution in [0.4, 0.5) is 0 Å². The Balaban J connectivity index is 1.33. The van der Waals surface area contributed by atoms with Crippen LogP contribution in [-0.4, -0.2) is 40.3 Å². The average Bonchev–Trinajstić information content (AvgIpc) is 3.44. The van der Waals surface area contributed by atoms with Gasteiger partial charge in [-0.25, -0.2) is 9.50 Å². The van der Waals surface area contributed by atoms with Crippen LogP contribution in [0.1, 0.15) is 42.6 Å². The van der Waals surface area contributed by atoms with Crippen LogP contribution in [0.3, 0.4) is 0 Å². The van der Waals surface area contributed by atoms with E-state index in [0.29, 0.717) is 19.4 Å². The first-order chi connectivity index (χ1) is 13.6. The molecule has 28 heavy (non-hydrogen) atoms. The highest BCUT2D eigenvalue weighted by Crippen LogP contribution is 2.28. The van der Waals surface area contributed by atoms with Crippen LogP contribution in [0.2, 0.25) is 0 Å². The number of hydrogen-bond acceptors (Lipinski definition) is 4. The maximum Gasteiger partial charge on any atom is 0.220 e. The van der Waals surface area contributed by atoms with E-state index < -0.39 is 0 Å². The number of hydrogen-bond donors (Lipinski definition) is 1. The molecule has 0 radical (unpaired) electrons. The second kappa shape index (κ2) is 8.27. The summed E-state index contributed by atoms with van der Waals surface area (Å²) in [4.78, 5) is 17.0. The van der Waals surface area contributed by atoms with Crippen molar-refractivity contribution in [2.24, 2.45) is 5.92 Å². The molecule has 0 saturated heterocycles. The molecule has 6 heteroatoms. The van der Waals surface area contributed by atoms with Gasteiger partial charge < -0.3 is 10.1 Å². The standard InChI is InChI=1S/C22H28N4O2/c1-15-18(10-11-21(27)23-12-5-13-28-14-17-8-9-17)16(2)26-22(24-15)19-6-3-4-7-20(19)25-26/h3-4,6-7,17H,5,8-14H2,1-2H3,(H,23,27). The van der Waals surface area contributed by atoms with E-state index in [-0.39, 0.29) is 5.91 Å². The zero-order chi connectivity index (χ0) is 19.5. The lowest BCUT2D eigenvalue weighted by atomic mass is 10.1. The van der Waals surface area contributed by atoms with E-state index >= 15 is 0 Å². The fourth-order valence-corrected chi connectivity index (χ4v) is 3.60. The van der Waals surface area contributed by atoms with Gasteiger partial charge in [0.05, 0.1) is 5.52 Å². The predicted molar refractivity (Wildman–Crippen MR) is 109 cm³/mol. The molecule has 0 aliphatic heterocycles. The summed E-state index contributed by atoms with van der Waals surface area (Å²) in [6, 6.07) is 8.04.